The van der Waals surface area contributed by atoms with Crippen LogP contribution in [0.4, 0.5) is 0 Å². The van der Waals surface area contributed by atoms with Crippen molar-refractivity contribution in [3.05, 3.63) is 11.9 Å². The van der Waals surface area contributed by atoms with Gasteiger partial charge in [-0.25, -0.2) is 0 Å². The average Bonchev–Trinajstić information content (AvgIpc) is 2.85. The first kappa shape index (κ1) is 10.1. The van der Waals surface area contributed by atoms with E-state index in [-0.39, 0.29) is 6.42 Å². The molecule has 82 valence electrons. The zero-order valence-electron chi connectivity index (χ0n) is 8.59. The quantitative estimate of drug-likeness (QED) is 0.814. The summed E-state index contributed by atoms with van der Waals surface area (Å²) in [7, 11) is 0. The second-order valence-electron chi connectivity index (χ2n) is 4.03. The first-order valence-corrected chi connectivity index (χ1v) is 5.37. The summed E-state index contributed by atoms with van der Waals surface area (Å²) < 4.78 is 1.63. The number of aliphatic carboxylic acids is 1. The van der Waals surface area contributed by atoms with Crippen LogP contribution in [0.1, 0.15) is 43.7 Å². The lowest BCUT2D eigenvalue weighted by atomic mass is 10.1. The van der Waals surface area contributed by atoms with Gasteiger partial charge in [-0.05, 0) is 12.8 Å². The van der Waals surface area contributed by atoms with Crippen molar-refractivity contribution in [1.29, 1.82) is 0 Å². The highest BCUT2D eigenvalue weighted by Gasteiger charge is 2.19. The summed E-state index contributed by atoms with van der Waals surface area (Å²) in [5.74, 6) is -0.253. The molecule has 0 atom stereocenters. The molecule has 1 heterocycles. The van der Waals surface area contributed by atoms with Crippen molar-refractivity contribution in [3.63, 3.8) is 0 Å². The molecule has 2 rings (SSSR count). The molecule has 1 aromatic rings. The van der Waals surface area contributed by atoms with E-state index in [1.165, 1.54) is 25.7 Å². The van der Waals surface area contributed by atoms with Gasteiger partial charge in [0.25, 0.3) is 0 Å². The van der Waals surface area contributed by atoms with Crippen molar-refractivity contribution in [2.75, 3.05) is 0 Å². The van der Waals surface area contributed by atoms with Crippen LogP contribution in [0.5, 0.6) is 0 Å². The molecule has 5 heteroatoms. The number of aromatic nitrogens is 3. The molecule has 1 aromatic heterocycles. The number of aryl methyl sites for hydroxylation is 1. The van der Waals surface area contributed by atoms with Crippen molar-refractivity contribution < 1.29 is 9.90 Å². The second-order valence-corrected chi connectivity index (χ2v) is 4.03. The van der Waals surface area contributed by atoms with Crippen molar-refractivity contribution in [2.45, 2.75) is 44.6 Å². The molecule has 0 aliphatic heterocycles. The highest BCUT2D eigenvalue weighted by atomic mass is 16.4. The van der Waals surface area contributed by atoms with Crippen molar-refractivity contribution in [1.82, 2.24) is 15.0 Å². The van der Waals surface area contributed by atoms with Gasteiger partial charge in [-0.15, -0.1) is 5.10 Å². The number of carboxylic acids is 1. The van der Waals surface area contributed by atoms with E-state index >= 15 is 0 Å². The zero-order valence-corrected chi connectivity index (χ0v) is 8.59. The van der Waals surface area contributed by atoms with Crippen LogP contribution in [-0.4, -0.2) is 26.1 Å². The van der Waals surface area contributed by atoms with Crippen LogP contribution in [0.3, 0.4) is 0 Å². The summed E-state index contributed by atoms with van der Waals surface area (Å²) in [5, 5.41) is 16.6. The van der Waals surface area contributed by atoms with Gasteiger partial charge in [0.2, 0.25) is 0 Å². The lowest BCUT2D eigenvalue weighted by Crippen LogP contribution is -2.04. The molecule has 0 aromatic carbocycles. The van der Waals surface area contributed by atoms with Crippen molar-refractivity contribution in [2.24, 2.45) is 0 Å². The van der Waals surface area contributed by atoms with Crippen LogP contribution in [0.15, 0.2) is 6.20 Å². The number of carbonyl (C=O) groups is 1. The second kappa shape index (κ2) is 4.42. The van der Waals surface area contributed by atoms with Gasteiger partial charge >= 0.3 is 5.97 Å². The van der Waals surface area contributed by atoms with Crippen LogP contribution < -0.4 is 0 Å². The van der Waals surface area contributed by atoms with Gasteiger partial charge in [-0.1, -0.05) is 18.1 Å². The van der Waals surface area contributed by atoms with Crippen LogP contribution in [-0.2, 0) is 11.3 Å². The monoisotopic (exact) mass is 209 g/mol. The van der Waals surface area contributed by atoms with E-state index in [0.29, 0.717) is 12.5 Å². The fraction of sp³-hybridized carbons (Fsp3) is 0.700. The largest absolute Gasteiger partial charge is 0.481 e. The molecular weight excluding hydrogens is 194 g/mol. The molecule has 15 heavy (non-hydrogen) atoms. The molecular formula is C10H15N3O2. The minimum Gasteiger partial charge on any atom is -0.481 e. The Labute approximate surface area is 88.1 Å². The number of hydrogen-bond donors (Lipinski definition) is 1. The van der Waals surface area contributed by atoms with Gasteiger partial charge in [0.15, 0.2) is 0 Å². The Hall–Kier alpha value is -1.39. The number of rotatable bonds is 4. The Morgan fingerprint density at radius 2 is 2.27 bits per heavy atom. The zero-order chi connectivity index (χ0) is 10.7. The minimum absolute atomic E-state index is 0.105. The summed E-state index contributed by atoms with van der Waals surface area (Å²) in [5.41, 5.74) is 1.03. The first-order valence-electron chi connectivity index (χ1n) is 5.37. The maximum absolute atomic E-state index is 10.4. The summed E-state index contributed by atoms with van der Waals surface area (Å²) >= 11 is 0. The van der Waals surface area contributed by atoms with Crippen molar-refractivity contribution >= 4 is 5.97 Å². The lowest BCUT2D eigenvalue weighted by Gasteiger charge is -2.01. The van der Waals surface area contributed by atoms with E-state index in [9.17, 15) is 4.79 Å². The predicted molar refractivity (Wildman–Crippen MR) is 53.5 cm³/mol. The van der Waals surface area contributed by atoms with Crippen LogP contribution in [0.2, 0.25) is 0 Å². The number of hydrogen-bond acceptors (Lipinski definition) is 3. The minimum atomic E-state index is -0.798. The molecule has 0 saturated heterocycles. The van der Waals surface area contributed by atoms with E-state index in [1.54, 1.807) is 4.68 Å². The van der Waals surface area contributed by atoms with Gasteiger partial charge in [-0.3, -0.25) is 9.48 Å². The Balaban J connectivity index is 1.94. The first-order chi connectivity index (χ1) is 7.25. The number of carboxylic acid groups (broad SMARTS) is 1. The van der Waals surface area contributed by atoms with E-state index in [2.05, 4.69) is 10.3 Å². The Morgan fingerprint density at radius 3 is 2.93 bits per heavy atom. The third kappa shape index (κ3) is 2.55. The molecule has 1 fully saturated rings. The van der Waals surface area contributed by atoms with Gasteiger partial charge in [0.05, 0.1) is 18.7 Å². The highest BCUT2D eigenvalue weighted by molar-refractivity contribution is 5.66. The Kier molecular flexibility index (Phi) is 2.99. The fourth-order valence-electron chi connectivity index (χ4n) is 2.04. The van der Waals surface area contributed by atoms with E-state index in [1.807, 2.05) is 6.20 Å². The Morgan fingerprint density at radius 1 is 1.53 bits per heavy atom. The van der Waals surface area contributed by atoms with Crippen LogP contribution in [0.25, 0.3) is 0 Å². The SMILES string of the molecule is O=C(O)CCn1cc(C2CCCC2)nn1. The van der Waals surface area contributed by atoms with Crippen LogP contribution >= 0.6 is 0 Å². The maximum Gasteiger partial charge on any atom is 0.305 e. The summed E-state index contributed by atoms with van der Waals surface area (Å²) in [6.07, 6.45) is 6.92. The predicted octanol–water partition coefficient (Wildman–Crippen LogP) is 1.41. The molecule has 0 amide bonds. The van der Waals surface area contributed by atoms with Gasteiger partial charge < -0.3 is 5.11 Å². The average molecular weight is 209 g/mol. The summed E-state index contributed by atoms with van der Waals surface area (Å²) in [4.78, 5) is 10.4. The lowest BCUT2D eigenvalue weighted by molar-refractivity contribution is -0.137. The fourth-order valence-corrected chi connectivity index (χ4v) is 2.04. The molecule has 1 N–H and O–H groups in total. The molecule has 0 unspecified atom stereocenters. The molecule has 0 radical (unpaired) electrons. The van der Waals surface area contributed by atoms with Gasteiger partial charge in [0.1, 0.15) is 0 Å². The van der Waals surface area contributed by atoms with Gasteiger partial charge in [-0.2, -0.15) is 0 Å². The maximum atomic E-state index is 10.4. The molecule has 1 aliphatic carbocycles. The standard InChI is InChI=1S/C10H15N3O2/c14-10(15)5-6-13-7-9(11-12-13)8-3-1-2-4-8/h7-8H,1-6H2,(H,14,15). The smallest absolute Gasteiger partial charge is 0.305 e. The molecule has 5 nitrogen and oxygen atoms in total. The molecule has 1 aliphatic rings. The van der Waals surface area contributed by atoms with E-state index < -0.39 is 5.97 Å². The highest BCUT2D eigenvalue weighted by Crippen LogP contribution is 2.32. The Bertz CT molecular complexity index is 342. The third-order valence-corrected chi connectivity index (χ3v) is 2.88. The van der Waals surface area contributed by atoms with Gasteiger partial charge in [0, 0.05) is 12.1 Å². The van der Waals surface area contributed by atoms with Crippen LogP contribution in [0, 0.1) is 0 Å². The molecule has 0 bridgehead atoms. The van der Waals surface area contributed by atoms with E-state index in [4.69, 9.17) is 5.11 Å². The third-order valence-electron chi connectivity index (χ3n) is 2.88. The number of nitrogens with zero attached hydrogens (tertiary/aromatic N) is 3. The van der Waals surface area contributed by atoms with E-state index in [0.717, 1.165) is 5.69 Å². The molecule has 0 spiro atoms. The van der Waals surface area contributed by atoms with Crippen molar-refractivity contribution in [3.8, 4) is 0 Å². The topological polar surface area (TPSA) is 68.0 Å². The normalized spacial score (nSPS) is 17.1. The summed E-state index contributed by atoms with van der Waals surface area (Å²) in [6.45, 7) is 0.412. The molecule has 1 saturated carbocycles. The summed E-state index contributed by atoms with van der Waals surface area (Å²) in [6, 6.07) is 0.